The van der Waals surface area contributed by atoms with Crippen molar-refractivity contribution in [2.45, 2.75) is 18.2 Å². The van der Waals surface area contributed by atoms with E-state index in [1.807, 2.05) is 0 Å². The maximum absolute atomic E-state index is 13.4. The molecule has 30 heavy (non-hydrogen) atoms. The summed E-state index contributed by atoms with van der Waals surface area (Å²) in [4.78, 5) is 56.4. The van der Waals surface area contributed by atoms with Gasteiger partial charge in [-0.05, 0) is 30.2 Å². The van der Waals surface area contributed by atoms with Gasteiger partial charge in [-0.2, -0.15) is 3.89 Å². The molecule has 0 N–H and O–H groups in total. The van der Waals surface area contributed by atoms with Gasteiger partial charge in [-0.3, -0.25) is 23.5 Å². The van der Waals surface area contributed by atoms with Crippen LogP contribution >= 0.6 is 12.1 Å². The molecular weight excluding hydrogens is 409 g/mol. The van der Waals surface area contributed by atoms with Crippen LogP contribution in [0.3, 0.4) is 0 Å². The van der Waals surface area contributed by atoms with Crippen LogP contribution in [0.5, 0.6) is 0 Å². The van der Waals surface area contributed by atoms with Gasteiger partial charge in [-0.25, -0.2) is 9.78 Å². The third-order valence-electron chi connectivity index (χ3n) is 5.25. The van der Waals surface area contributed by atoms with Gasteiger partial charge in [0.15, 0.2) is 11.6 Å². The standard InChI is InChI=1S/C21H16FN3O4S/c1-4-13-15-16(17-19(23-13)24(2)21(29)25(3)20(17)28)14(26)9-12(18(15)27)10-5-7-11(30-22)8-6-10/h5-9H,4H2,1-3H3. The molecule has 9 heteroatoms. The van der Waals surface area contributed by atoms with Crippen molar-refractivity contribution in [1.82, 2.24) is 14.1 Å². The first kappa shape index (κ1) is 20.0. The van der Waals surface area contributed by atoms with Crippen molar-refractivity contribution in [2.75, 3.05) is 0 Å². The molecule has 2 aromatic heterocycles. The summed E-state index contributed by atoms with van der Waals surface area (Å²) in [6.07, 6.45) is 1.51. The van der Waals surface area contributed by atoms with E-state index in [1.165, 1.54) is 36.9 Å². The van der Waals surface area contributed by atoms with Gasteiger partial charge in [0.25, 0.3) is 5.56 Å². The van der Waals surface area contributed by atoms with Crippen molar-refractivity contribution in [3.8, 4) is 0 Å². The number of carbonyl (C=O) groups is 2. The maximum atomic E-state index is 13.4. The molecule has 0 radical (unpaired) electrons. The predicted molar refractivity (Wildman–Crippen MR) is 112 cm³/mol. The van der Waals surface area contributed by atoms with Crippen LogP contribution in [0.15, 0.2) is 44.8 Å². The van der Waals surface area contributed by atoms with E-state index in [0.29, 0.717) is 22.6 Å². The molecule has 0 aliphatic heterocycles. The Morgan fingerprint density at radius 2 is 1.67 bits per heavy atom. The molecule has 0 saturated carbocycles. The van der Waals surface area contributed by atoms with Crippen molar-refractivity contribution in [1.29, 1.82) is 0 Å². The Labute approximate surface area is 174 Å². The number of carbonyl (C=O) groups excluding carboxylic acids is 2. The van der Waals surface area contributed by atoms with Crippen molar-refractivity contribution < 1.29 is 13.5 Å². The smallest absolute Gasteiger partial charge is 0.289 e. The average Bonchev–Trinajstić information content (AvgIpc) is 2.77. The maximum Gasteiger partial charge on any atom is 0.332 e. The zero-order valence-corrected chi connectivity index (χ0v) is 17.2. The topological polar surface area (TPSA) is 91.0 Å². The van der Waals surface area contributed by atoms with Crippen LogP contribution < -0.4 is 11.2 Å². The fourth-order valence-corrected chi connectivity index (χ4v) is 3.93. The van der Waals surface area contributed by atoms with Gasteiger partial charge in [0.2, 0.25) is 0 Å². The monoisotopic (exact) mass is 425 g/mol. The zero-order chi connectivity index (χ0) is 21.7. The average molecular weight is 425 g/mol. The van der Waals surface area contributed by atoms with Crippen molar-refractivity contribution >= 4 is 40.3 Å². The number of aromatic nitrogens is 3. The number of hydrogen-bond donors (Lipinski definition) is 0. The van der Waals surface area contributed by atoms with Crippen LogP contribution in [-0.2, 0) is 20.5 Å². The molecule has 1 aromatic carbocycles. The van der Waals surface area contributed by atoms with Crippen LogP contribution in [0.4, 0.5) is 3.89 Å². The molecule has 0 unspecified atom stereocenters. The van der Waals surface area contributed by atoms with E-state index in [4.69, 9.17) is 0 Å². The van der Waals surface area contributed by atoms with Crippen LogP contribution in [0.1, 0.15) is 38.9 Å². The van der Waals surface area contributed by atoms with E-state index in [2.05, 4.69) is 4.98 Å². The van der Waals surface area contributed by atoms with Crippen molar-refractivity contribution in [2.24, 2.45) is 14.1 Å². The van der Waals surface area contributed by atoms with E-state index in [-0.39, 0.29) is 39.9 Å². The molecule has 0 atom stereocenters. The van der Waals surface area contributed by atoms with Gasteiger partial charge in [0.05, 0.1) is 34.4 Å². The lowest BCUT2D eigenvalue weighted by Gasteiger charge is -2.20. The second kappa shape index (κ2) is 7.17. The molecular formula is C21H16FN3O4S. The summed E-state index contributed by atoms with van der Waals surface area (Å²) in [6, 6.07) is 6.15. The minimum Gasteiger partial charge on any atom is -0.289 e. The lowest BCUT2D eigenvalue weighted by atomic mass is 9.83. The number of ketones is 2. The molecule has 3 aromatic rings. The zero-order valence-electron chi connectivity index (χ0n) is 16.4. The summed E-state index contributed by atoms with van der Waals surface area (Å²) in [6.45, 7) is 1.77. The molecule has 0 amide bonds. The number of fused-ring (bicyclic) bond motifs is 3. The lowest BCUT2D eigenvalue weighted by molar-refractivity contribution is 0.100. The van der Waals surface area contributed by atoms with Gasteiger partial charge < -0.3 is 0 Å². The Kier molecular flexibility index (Phi) is 4.77. The number of halogens is 1. The quantitative estimate of drug-likeness (QED) is 0.641. The summed E-state index contributed by atoms with van der Waals surface area (Å²) >= 11 is 0.0807. The molecule has 2 heterocycles. The highest BCUT2D eigenvalue weighted by molar-refractivity contribution is 7.94. The largest absolute Gasteiger partial charge is 0.332 e. The number of aryl methyl sites for hydroxylation is 2. The molecule has 0 saturated heterocycles. The van der Waals surface area contributed by atoms with Crippen LogP contribution in [0, 0.1) is 0 Å². The van der Waals surface area contributed by atoms with Crippen LogP contribution in [0.2, 0.25) is 0 Å². The van der Waals surface area contributed by atoms with Crippen LogP contribution in [0.25, 0.3) is 16.6 Å². The van der Waals surface area contributed by atoms with Gasteiger partial charge in [-0.15, -0.1) is 0 Å². The first-order valence-corrected chi connectivity index (χ1v) is 9.84. The normalized spacial score (nSPS) is 13.5. The molecule has 1 aliphatic carbocycles. The van der Waals surface area contributed by atoms with Crippen molar-refractivity contribution in [3.05, 3.63) is 73.6 Å². The summed E-state index contributed by atoms with van der Waals surface area (Å²) in [5.41, 5.74) is -0.181. The van der Waals surface area contributed by atoms with E-state index in [9.17, 15) is 23.1 Å². The number of allylic oxidation sites excluding steroid dienone is 2. The van der Waals surface area contributed by atoms with Gasteiger partial charge in [-0.1, -0.05) is 19.1 Å². The van der Waals surface area contributed by atoms with Crippen LogP contribution in [-0.4, -0.2) is 25.7 Å². The summed E-state index contributed by atoms with van der Waals surface area (Å²) < 4.78 is 14.8. The van der Waals surface area contributed by atoms with E-state index in [1.54, 1.807) is 19.1 Å². The number of pyridine rings is 1. The molecule has 152 valence electrons. The molecule has 0 fully saturated rings. The first-order chi connectivity index (χ1) is 14.3. The van der Waals surface area contributed by atoms with Gasteiger partial charge in [0, 0.05) is 24.6 Å². The first-order valence-electron chi connectivity index (χ1n) is 9.12. The highest BCUT2D eigenvalue weighted by Crippen LogP contribution is 2.33. The SMILES string of the molecule is CCc1nc2c(c3c1C(=O)C(c1ccc(SF)cc1)=CC3=O)c(=O)n(C)c(=O)n2C. The number of rotatable bonds is 3. The third-order valence-corrected chi connectivity index (χ3v) is 5.70. The fraction of sp³-hybridized carbons (Fsp3) is 0.190. The molecule has 1 aliphatic rings. The Hall–Kier alpha value is -3.33. The minimum absolute atomic E-state index is 0.0299. The van der Waals surface area contributed by atoms with E-state index in [0.717, 1.165) is 4.57 Å². The van der Waals surface area contributed by atoms with E-state index >= 15 is 0 Å². The molecule has 4 rings (SSSR count). The predicted octanol–water partition coefficient (Wildman–Crippen LogP) is 2.63. The van der Waals surface area contributed by atoms with E-state index < -0.39 is 22.8 Å². The summed E-state index contributed by atoms with van der Waals surface area (Å²) in [7, 11) is 2.77. The lowest BCUT2D eigenvalue weighted by Crippen LogP contribution is -2.39. The molecule has 0 spiro atoms. The molecule has 0 bridgehead atoms. The number of hydrogen-bond acceptors (Lipinski definition) is 6. The van der Waals surface area contributed by atoms with Crippen molar-refractivity contribution in [3.63, 3.8) is 0 Å². The fourth-order valence-electron chi connectivity index (χ4n) is 3.69. The Balaban J connectivity index is 2.07. The summed E-state index contributed by atoms with van der Waals surface area (Å²) in [5, 5.41) is -0.0513. The second-order valence-corrected chi connectivity index (χ2v) is 7.55. The summed E-state index contributed by atoms with van der Waals surface area (Å²) in [5.74, 6) is -0.950. The van der Waals surface area contributed by atoms with Gasteiger partial charge >= 0.3 is 5.69 Å². The Morgan fingerprint density at radius 3 is 2.27 bits per heavy atom. The third kappa shape index (κ3) is 2.77. The minimum atomic E-state index is -0.679. The highest BCUT2D eigenvalue weighted by atomic mass is 32.2. The molecule has 7 nitrogen and oxygen atoms in total. The van der Waals surface area contributed by atoms with Gasteiger partial charge in [0.1, 0.15) is 5.65 Å². The number of benzene rings is 1. The number of Topliss-reactive ketones (excluding diaryl/α,β-unsaturated/α-hetero) is 1. The number of nitrogens with zero attached hydrogens (tertiary/aromatic N) is 3. The Morgan fingerprint density at radius 1 is 1.00 bits per heavy atom. The Bertz CT molecular complexity index is 1400. The highest BCUT2D eigenvalue weighted by Gasteiger charge is 2.33. The second-order valence-electron chi connectivity index (χ2n) is 6.92.